The molecule has 1 aliphatic heterocycles. The molecule has 26 heavy (non-hydrogen) atoms. The summed E-state index contributed by atoms with van der Waals surface area (Å²) < 4.78 is 5.44. The molecule has 2 N–H and O–H groups in total. The van der Waals surface area contributed by atoms with Gasteiger partial charge in [0.2, 0.25) is 17.6 Å². The summed E-state index contributed by atoms with van der Waals surface area (Å²) in [4.78, 5) is 18.6. The van der Waals surface area contributed by atoms with Crippen LogP contribution in [0.3, 0.4) is 0 Å². The highest BCUT2D eigenvalue weighted by molar-refractivity contribution is 5.82. The predicted molar refractivity (Wildman–Crippen MR) is 97.0 cm³/mol. The standard InChI is InChI=1S/C20H20N4O2/c1-13-6-2-4-8-15(13)20-22-17(26-23-20)12-24-11-10-14-7-3-5-9-16(14)18(24)19(21)25/h2-9,18H,10-12H2,1H3,(H2,21,25)/t18-/m0/s1. The summed E-state index contributed by atoms with van der Waals surface area (Å²) in [5, 5.41) is 4.10. The predicted octanol–water partition coefficient (Wildman–Crippen LogP) is 2.63. The summed E-state index contributed by atoms with van der Waals surface area (Å²) in [6, 6.07) is 15.3. The molecule has 6 nitrogen and oxygen atoms in total. The van der Waals surface area contributed by atoms with Crippen LogP contribution in [0.15, 0.2) is 53.1 Å². The number of carbonyl (C=O) groups excluding carboxylic acids is 1. The van der Waals surface area contributed by atoms with Gasteiger partial charge in [-0.3, -0.25) is 9.69 Å². The highest BCUT2D eigenvalue weighted by Gasteiger charge is 2.32. The number of aryl methyl sites for hydroxylation is 1. The van der Waals surface area contributed by atoms with Gasteiger partial charge in [-0.1, -0.05) is 53.7 Å². The Morgan fingerprint density at radius 3 is 2.81 bits per heavy atom. The number of aromatic nitrogens is 2. The number of amides is 1. The quantitative estimate of drug-likeness (QED) is 0.783. The van der Waals surface area contributed by atoms with Gasteiger partial charge in [0.1, 0.15) is 6.04 Å². The van der Waals surface area contributed by atoms with Crippen molar-refractivity contribution in [3.8, 4) is 11.4 Å². The molecule has 4 rings (SSSR count). The van der Waals surface area contributed by atoms with E-state index in [9.17, 15) is 4.79 Å². The van der Waals surface area contributed by atoms with Gasteiger partial charge in [0.15, 0.2) is 0 Å². The minimum Gasteiger partial charge on any atom is -0.368 e. The third kappa shape index (κ3) is 2.99. The van der Waals surface area contributed by atoms with Crippen LogP contribution in [0.5, 0.6) is 0 Å². The number of benzene rings is 2. The maximum atomic E-state index is 12.1. The molecule has 0 unspecified atom stereocenters. The molecule has 0 fully saturated rings. The normalized spacial score (nSPS) is 17.0. The number of nitrogens with zero attached hydrogens (tertiary/aromatic N) is 3. The molecule has 1 atom stereocenters. The Kier molecular flexibility index (Phi) is 4.26. The van der Waals surface area contributed by atoms with Crippen LogP contribution in [0.4, 0.5) is 0 Å². The zero-order chi connectivity index (χ0) is 18.1. The molecule has 132 valence electrons. The fourth-order valence-electron chi connectivity index (χ4n) is 3.55. The summed E-state index contributed by atoms with van der Waals surface area (Å²) in [6.45, 7) is 3.11. The Morgan fingerprint density at radius 2 is 2.00 bits per heavy atom. The van der Waals surface area contributed by atoms with E-state index >= 15 is 0 Å². The lowest BCUT2D eigenvalue weighted by molar-refractivity contribution is -0.124. The van der Waals surface area contributed by atoms with Gasteiger partial charge in [-0.25, -0.2) is 0 Å². The number of rotatable bonds is 4. The van der Waals surface area contributed by atoms with Crippen LogP contribution < -0.4 is 5.73 Å². The van der Waals surface area contributed by atoms with Crippen molar-refractivity contribution in [1.82, 2.24) is 15.0 Å². The van der Waals surface area contributed by atoms with Gasteiger partial charge in [0.05, 0.1) is 6.54 Å². The lowest BCUT2D eigenvalue weighted by Crippen LogP contribution is -2.42. The van der Waals surface area contributed by atoms with E-state index in [0.717, 1.165) is 23.1 Å². The van der Waals surface area contributed by atoms with Crippen molar-refractivity contribution in [1.29, 1.82) is 0 Å². The third-order valence-electron chi connectivity index (χ3n) is 4.85. The fourth-order valence-corrected chi connectivity index (χ4v) is 3.55. The van der Waals surface area contributed by atoms with E-state index in [2.05, 4.69) is 10.1 Å². The first-order valence-corrected chi connectivity index (χ1v) is 8.63. The van der Waals surface area contributed by atoms with Gasteiger partial charge in [0.25, 0.3) is 0 Å². The maximum Gasteiger partial charge on any atom is 0.241 e. The zero-order valence-electron chi connectivity index (χ0n) is 14.6. The lowest BCUT2D eigenvalue weighted by atomic mass is 9.92. The molecular weight excluding hydrogens is 328 g/mol. The molecule has 0 radical (unpaired) electrons. The molecule has 0 saturated heterocycles. The Bertz CT molecular complexity index is 950. The largest absolute Gasteiger partial charge is 0.368 e. The smallest absolute Gasteiger partial charge is 0.241 e. The highest BCUT2D eigenvalue weighted by atomic mass is 16.5. The van der Waals surface area contributed by atoms with Crippen LogP contribution >= 0.6 is 0 Å². The Hall–Kier alpha value is -2.99. The SMILES string of the molecule is Cc1ccccc1-c1noc(CN2CCc3ccccc3[C@H]2C(N)=O)n1. The molecular formula is C20H20N4O2. The molecule has 1 aliphatic rings. The summed E-state index contributed by atoms with van der Waals surface area (Å²) >= 11 is 0. The van der Waals surface area contributed by atoms with E-state index in [-0.39, 0.29) is 5.91 Å². The van der Waals surface area contributed by atoms with E-state index in [1.807, 2.05) is 60.4 Å². The monoisotopic (exact) mass is 348 g/mol. The second-order valence-corrected chi connectivity index (χ2v) is 6.55. The summed E-state index contributed by atoms with van der Waals surface area (Å²) in [7, 11) is 0. The minimum atomic E-state index is -0.478. The van der Waals surface area contributed by atoms with E-state index in [4.69, 9.17) is 10.3 Å². The Labute approximate surface area is 151 Å². The van der Waals surface area contributed by atoms with Crippen molar-refractivity contribution >= 4 is 5.91 Å². The summed E-state index contributed by atoms with van der Waals surface area (Å²) in [5.41, 5.74) is 9.85. The van der Waals surface area contributed by atoms with Gasteiger partial charge in [-0.05, 0) is 30.0 Å². The number of primary amides is 1. The zero-order valence-corrected chi connectivity index (χ0v) is 14.6. The van der Waals surface area contributed by atoms with Crippen LogP contribution in [0, 0.1) is 6.92 Å². The van der Waals surface area contributed by atoms with Gasteiger partial charge >= 0.3 is 0 Å². The van der Waals surface area contributed by atoms with Crippen LogP contribution in [-0.2, 0) is 17.8 Å². The van der Waals surface area contributed by atoms with Crippen LogP contribution in [0.2, 0.25) is 0 Å². The van der Waals surface area contributed by atoms with Crippen LogP contribution in [-0.4, -0.2) is 27.5 Å². The van der Waals surface area contributed by atoms with E-state index in [1.165, 1.54) is 5.56 Å². The average Bonchev–Trinajstić information content (AvgIpc) is 3.10. The molecule has 2 aromatic carbocycles. The second-order valence-electron chi connectivity index (χ2n) is 6.55. The van der Waals surface area contributed by atoms with Gasteiger partial charge in [-0.15, -0.1) is 0 Å². The van der Waals surface area contributed by atoms with Crippen molar-refractivity contribution in [2.24, 2.45) is 5.73 Å². The summed E-state index contributed by atoms with van der Waals surface area (Å²) in [5.74, 6) is 0.677. The molecule has 0 bridgehead atoms. The second kappa shape index (κ2) is 6.72. The van der Waals surface area contributed by atoms with Crippen LogP contribution in [0.25, 0.3) is 11.4 Å². The van der Waals surface area contributed by atoms with E-state index in [0.29, 0.717) is 24.8 Å². The highest BCUT2D eigenvalue weighted by Crippen LogP contribution is 2.31. The molecule has 0 aliphatic carbocycles. The first-order chi connectivity index (χ1) is 12.6. The Morgan fingerprint density at radius 1 is 1.23 bits per heavy atom. The van der Waals surface area contributed by atoms with Crippen LogP contribution in [0.1, 0.15) is 28.6 Å². The average molecular weight is 348 g/mol. The topological polar surface area (TPSA) is 85.3 Å². The van der Waals surface area contributed by atoms with E-state index in [1.54, 1.807) is 0 Å². The molecule has 1 amide bonds. The minimum absolute atomic E-state index is 0.365. The maximum absolute atomic E-state index is 12.1. The van der Waals surface area contributed by atoms with Crippen molar-refractivity contribution < 1.29 is 9.32 Å². The van der Waals surface area contributed by atoms with Gasteiger partial charge in [-0.2, -0.15) is 4.98 Å². The third-order valence-corrected chi connectivity index (χ3v) is 4.85. The molecule has 0 saturated carbocycles. The lowest BCUT2D eigenvalue weighted by Gasteiger charge is -2.34. The number of nitrogens with two attached hydrogens (primary N) is 1. The first-order valence-electron chi connectivity index (χ1n) is 8.63. The molecule has 0 spiro atoms. The van der Waals surface area contributed by atoms with Gasteiger partial charge in [0, 0.05) is 12.1 Å². The number of hydrogen-bond acceptors (Lipinski definition) is 5. The molecule has 6 heteroatoms. The molecule has 3 aromatic rings. The van der Waals surface area contributed by atoms with Crippen molar-refractivity contribution in [3.05, 3.63) is 71.1 Å². The summed E-state index contributed by atoms with van der Waals surface area (Å²) in [6.07, 6.45) is 0.860. The Balaban J connectivity index is 1.60. The first kappa shape index (κ1) is 16.5. The van der Waals surface area contributed by atoms with E-state index < -0.39 is 6.04 Å². The van der Waals surface area contributed by atoms with Crippen molar-refractivity contribution in [3.63, 3.8) is 0 Å². The molecule has 1 aromatic heterocycles. The number of hydrogen-bond donors (Lipinski definition) is 1. The number of fused-ring (bicyclic) bond motifs is 1. The number of carbonyl (C=O) groups is 1. The fraction of sp³-hybridized carbons (Fsp3) is 0.250. The van der Waals surface area contributed by atoms with Crippen molar-refractivity contribution in [2.75, 3.05) is 6.54 Å². The molecule has 2 heterocycles. The van der Waals surface area contributed by atoms with Crippen molar-refractivity contribution in [2.45, 2.75) is 25.9 Å². The van der Waals surface area contributed by atoms with Gasteiger partial charge < -0.3 is 10.3 Å².